The van der Waals surface area contributed by atoms with E-state index >= 15 is 0 Å². The molecule has 1 heterocycles. The van der Waals surface area contributed by atoms with Gasteiger partial charge in [0.2, 0.25) is 5.91 Å². The molecular formula is C21H28N4O6S. The molecule has 11 heteroatoms. The van der Waals surface area contributed by atoms with Crippen LogP contribution in [-0.4, -0.2) is 54.6 Å². The second kappa shape index (κ2) is 12.0. The van der Waals surface area contributed by atoms with Gasteiger partial charge in [0.05, 0.1) is 24.0 Å². The number of nitrogens with one attached hydrogen (secondary N) is 4. The summed E-state index contributed by atoms with van der Waals surface area (Å²) >= 11 is 1.17. The Morgan fingerprint density at radius 1 is 1.09 bits per heavy atom. The van der Waals surface area contributed by atoms with E-state index in [1.54, 1.807) is 13.8 Å². The first-order valence-corrected chi connectivity index (χ1v) is 11.2. The first kappa shape index (κ1) is 25.1. The molecule has 2 rings (SSSR count). The van der Waals surface area contributed by atoms with E-state index in [1.807, 2.05) is 32.0 Å². The molecule has 1 aliphatic rings. The lowest BCUT2D eigenvalue weighted by Crippen LogP contribution is -2.49. The van der Waals surface area contributed by atoms with Gasteiger partial charge in [0, 0.05) is 11.4 Å². The molecule has 1 unspecified atom stereocenters. The Morgan fingerprint density at radius 3 is 2.41 bits per heavy atom. The summed E-state index contributed by atoms with van der Waals surface area (Å²) in [6.07, 6.45) is 0. The number of rotatable bonds is 9. The van der Waals surface area contributed by atoms with Crippen LogP contribution in [0.1, 0.15) is 25.0 Å². The second-order valence-electron chi connectivity index (χ2n) is 7.13. The van der Waals surface area contributed by atoms with E-state index < -0.39 is 29.9 Å². The number of carbonyl (C=O) groups excluding carboxylic acids is 4. The van der Waals surface area contributed by atoms with E-state index in [-0.39, 0.29) is 24.7 Å². The zero-order valence-electron chi connectivity index (χ0n) is 18.5. The van der Waals surface area contributed by atoms with Crippen LogP contribution in [0.2, 0.25) is 0 Å². The summed E-state index contributed by atoms with van der Waals surface area (Å²) in [6.45, 7) is 7.19. The summed E-state index contributed by atoms with van der Waals surface area (Å²) in [5.41, 5.74) is 7.34. The maximum atomic E-state index is 12.2. The molecule has 1 aromatic carbocycles. The molecule has 0 fully saturated rings. The predicted molar refractivity (Wildman–Crippen MR) is 120 cm³/mol. The van der Waals surface area contributed by atoms with Crippen LogP contribution in [0.5, 0.6) is 5.75 Å². The van der Waals surface area contributed by atoms with Crippen LogP contribution in [0.4, 0.5) is 4.79 Å². The van der Waals surface area contributed by atoms with Crippen molar-refractivity contribution in [1.82, 2.24) is 21.5 Å². The molecule has 1 aromatic rings. The Bertz CT molecular complexity index is 897. The van der Waals surface area contributed by atoms with Crippen molar-refractivity contribution < 1.29 is 28.7 Å². The number of aryl methyl sites for hydroxylation is 2. The van der Waals surface area contributed by atoms with Gasteiger partial charge in [-0.1, -0.05) is 6.07 Å². The predicted octanol–water partition coefficient (Wildman–Crippen LogP) is 1.08. The highest BCUT2D eigenvalue weighted by Gasteiger charge is 2.29. The number of urea groups is 1. The van der Waals surface area contributed by atoms with Crippen LogP contribution in [-0.2, 0) is 19.1 Å². The first-order valence-electron chi connectivity index (χ1n) is 10.0. The molecule has 0 saturated heterocycles. The monoisotopic (exact) mass is 464 g/mol. The molecule has 4 amide bonds. The van der Waals surface area contributed by atoms with Crippen molar-refractivity contribution in [3.63, 3.8) is 0 Å². The van der Waals surface area contributed by atoms with Crippen LogP contribution in [0.25, 0.3) is 0 Å². The maximum Gasteiger partial charge on any atom is 0.337 e. The van der Waals surface area contributed by atoms with Crippen molar-refractivity contribution in [1.29, 1.82) is 0 Å². The van der Waals surface area contributed by atoms with Gasteiger partial charge < -0.3 is 20.1 Å². The van der Waals surface area contributed by atoms with Crippen LogP contribution >= 0.6 is 11.8 Å². The topological polar surface area (TPSA) is 135 Å². The summed E-state index contributed by atoms with van der Waals surface area (Å²) < 4.78 is 10.5. The van der Waals surface area contributed by atoms with Crippen molar-refractivity contribution in [2.24, 2.45) is 0 Å². The largest absolute Gasteiger partial charge is 0.484 e. The highest BCUT2D eigenvalue weighted by Crippen LogP contribution is 2.18. The average molecular weight is 465 g/mol. The van der Waals surface area contributed by atoms with E-state index in [1.165, 1.54) is 11.8 Å². The number of amides is 4. The number of ether oxygens (including phenoxy) is 2. The van der Waals surface area contributed by atoms with Gasteiger partial charge in [-0.05, 0) is 51.0 Å². The number of carbonyl (C=O) groups is 4. The third-order valence-corrected chi connectivity index (χ3v) is 5.21. The summed E-state index contributed by atoms with van der Waals surface area (Å²) in [5, 5.41) is 5.19. The lowest BCUT2D eigenvalue weighted by Gasteiger charge is -2.26. The molecule has 32 heavy (non-hydrogen) atoms. The molecule has 0 aliphatic carbocycles. The molecule has 10 nitrogen and oxygen atoms in total. The summed E-state index contributed by atoms with van der Waals surface area (Å²) in [6, 6.07) is 4.68. The standard InChI is InChI=1S/C21H28N4O6S/c1-5-30-20(28)19-14(4)22-21(29)23-16(19)10-32-11-18(27)25-24-17(26)9-31-15-7-12(2)6-13(3)8-15/h6-8,14H,5,9-11H2,1-4H3,(H,24,26)(H,25,27)(H2,22,23,29). The van der Waals surface area contributed by atoms with Crippen LogP contribution in [0, 0.1) is 13.8 Å². The number of hydrazine groups is 1. The van der Waals surface area contributed by atoms with Crippen molar-refractivity contribution >= 4 is 35.6 Å². The van der Waals surface area contributed by atoms with Crippen molar-refractivity contribution in [3.05, 3.63) is 40.6 Å². The Labute approximate surface area is 190 Å². The SMILES string of the molecule is CCOC(=O)C1=C(CSCC(=O)NNC(=O)COc2cc(C)cc(C)c2)NC(=O)NC1C. The van der Waals surface area contributed by atoms with Gasteiger partial charge >= 0.3 is 12.0 Å². The van der Waals surface area contributed by atoms with Crippen molar-refractivity contribution in [2.45, 2.75) is 33.7 Å². The highest BCUT2D eigenvalue weighted by atomic mass is 32.2. The van der Waals surface area contributed by atoms with Gasteiger partial charge in [0.15, 0.2) is 6.61 Å². The number of hydrogen-bond acceptors (Lipinski definition) is 7. The zero-order chi connectivity index (χ0) is 23.7. The third-order valence-electron chi connectivity index (χ3n) is 4.25. The molecule has 1 aliphatic heterocycles. The van der Waals surface area contributed by atoms with E-state index in [0.717, 1.165) is 11.1 Å². The molecule has 4 N–H and O–H groups in total. The smallest absolute Gasteiger partial charge is 0.337 e. The van der Waals surface area contributed by atoms with E-state index in [4.69, 9.17) is 9.47 Å². The maximum absolute atomic E-state index is 12.2. The summed E-state index contributed by atoms with van der Waals surface area (Å²) in [5.74, 6) is -0.693. The van der Waals surface area contributed by atoms with Gasteiger partial charge in [-0.2, -0.15) is 0 Å². The van der Waals surface area contributed by atoms with Gasteiger partial charge in [0.25, 0.3) is 5.91 Å². The van der Waals surface area contributed by atoms with Crippen LogP contribution in [0.3, 0.4) is 0 Å². The molecule has 0 aromatic heterocycles. The second-order valence-corrected chi connectivity index (χ2v) is 8.12. The van der Waals surface area contributed by atoms with Crippen molar-refractivity contribution in [2.75, 3.05) is 24.7 Å². The van der Waals surface area contributed by atoms with E-state index in [9.17, 15) is 19.2 Å². The molecule has 0 saturated carbocycles. The van der Waals surface area contributed by atoms with Gasteiger partial charge in [-0.3, -0.25) is 20.4 Å². The van der Waals surface area contributed by atoms with Crippen LogP contribution in [0.15, 0.2) is 29.5 Å². The molecule has 0 spiro atoms. The lowest BCUT2D eigenvalue weighted by atomic mass is 10.1. The third kappa shape index (κ3) is 7.80. The normalized spacial score (nSPS) is 15.4. The highest BCUT2D eigenvalue weighted by molar-refractivity contribution is 8.00. The van der Waals surface area contributed by atoms with E-state index in [2.05, 4.69) is 21.5 Å². The number of hydrogen-bond donors (Lipinski definition) is 4. The fourth-order valence-corrected chi connectivity index (χ4v) is 3.81. The van der Waals surface area contributed by atoms with Gasteiger partial charge in [0.1, 0.15) is 5.75 Å². The summed E-state index contributed by atoms with van der Waals surface area (Å²) in [4.78, 5) is 47.8. The molecular weight excluding hydrogens is 436 g/mol. The minimum Gasteiger partial charge on any atom is -0.484 e. The molecule has 0 bridgehead atoms. The minimum atomic E-state index is -0.524. The quantitative estimate of drug-likeness (QED) is 0.317. The minimum absolute atomic E-state index is 0.00447. The van der Waals surface area contributed by atoms with Gasteiger partial charge in [-0.15, -0.1) is 11.8 Å². The lowest BCUT2D eigenvalue weighted by molar-refractivity contribution is -0.139. The molecule has 1 atom stereocenters. The Kier molecular flexibility index (Phi) is 9.39. The number of thioether (sulfide) groups is 1. The molecule has 0 radical (unpaired) electrons. The van der Waals surface area contributed by atoms with Crippen LogP contribution < -0.4 is 26.2 Å². The average Bonchev–Trinajstić information content (AvgIpc) is 2.69. The number of benzene rings is 1. The molecule has 174 valence electrons. The Balaban J connectivity index is 1.78. The Morgan fingerprint density at radius 2 is 1.75 bits per heavy atom. The first-order chi connectivity index (χ1) is 15.2. The fourth-order valence-electron chi connectivity index (χ4n) is 3.02. The zero-order valence-corrected chi connectivity index (χ0v) is 19.3. The van der Waals surface area contributed by atoms with E-state index in [0.29, 0.717) is 17.0 Å². The summed E-state index contributed by atoms with van der Waals surface area (Å²) in [7, 11) is 0. The fraction of sp³-hybridized carbons (Fsp3) is 0.429. The number of esters is 1. The van der Waals surface area contributed by atoms with Gasteiger partial charge in [-0.25, -0.2) is 9.59 Å². The van der Waals surface area contributed by atoms with Crippen molar-refractivity contribution in [3.8, 4) is 5.75 Å². The Hall–Kier alpha value is -3.21.